The molecule has 0 aromatic heterocycles. The van der Waals surface area contributed by atoms with Gasteiger partial charge in [-0.2, -0.15) is 0 Å². The van der Waals surface area contributed by atoms with Crippen LogP contribution in [-0.4, -0.2) is 142 Å². The summed E-state index contributed by atoms with van der Waals surface area (Å²) in [6, 6.07) is 0. The van der Waals surface area contributed by atoms with E-state index >= 15 is 0 Å². The summed E-state index contributed by atoms with van der Waals surface area (Å²) in [7, 11) is 0. The summed E-state index contributed by atoms with van der Waals surface area (Å²) >= 11 is 0. The second kappa shape index (κ2) is 36.1. The molecule has 0 aromatic carbocycles. The third kappa shape index (κ3) is 24.9. The van der Waals surface area contributed by atoms with Crippen molar-refractivity contribution in [3.63, 3.8) is 0 Å². The predicted molar refractivity (Wildman–Crippen MR) is 238 cm³/mol. The summed E-state index contributed by atoms with van der Waals surface area (Å²) < 4.78 is 33.5. The van der Waals surface area contributed by atoms with E-state index in [1.807, 2.05) is 0 Å². The second-order valence-corrected chi connectivity index (χ2v) is 17.3. The maximum atomic E-state index is 13.0. The summed E-state index contributed by atoms with van der Waals surface area (Å²) in [4.78, 5) is 25.7. The lowest BCUT2D eigenvalue weighted by atomic mass is 9.98. The van der Waals surface area contributed by atoms with E-state index in [-0.39, 0.29) is 26.1 Å². The number of carbonyl (C=O) groups excluding carboxylic acids is 2. The molecular formula is C48H86O15. The highest BCUT2D eigenvalue weighted by atomic mass is 16.7. The molecule has 2 aliphatic rings. The largest absolute Gasteiger partial charge is 0.462 e. The summed E-state index contributed by atoms with van der Waals surface area (Å²) in [5.74, 6) is -0.944. The van der Waals surface area contributed by atoms with Crippen LogP contribution in [0.1, 0.15) is 174 Å². The van der Waals surface area contributed by atoms with Gasteiger partial charge in [-0.05, 0) is 64.2 Å². The number of ether oxygens (including phenoxy) is 6. The van der Waals surface area contributed by atoms with Crippen LogP contribution in [0.4, 0.5) is 0 Å². The first-order valence-corrected chi connectivity index (χ1v) is 24.4. The highest BCUT2D eigenvalue weighted by molar-refractivity contribution is 5.70. The van der Waals surface area contributed by atoms with Crippen LogP contribution in [0.2, 0.25) is 0 Å². The van der Waals surface area contributed by atoms with Crippen LogP contribution in [0.25, 0.3) is 0 Å². The Hall–Kier alpha value is -2.02. The third-order valence-corrected chi connectivity index (χ3v) is 11.7. The number of esters is 2. The van der Waals surface area contributed by atoms with Crippen LogP contribution in [0.3, 0.4) is 0 Å². The fourth-order valence-electron chi connectivity index (χ4n) is 7.56. The lowest BCUT2D eigenvalue weighted by Gasteiger charge is -2.42. The molecule has 15 nitrogen and oxygen atoms in total. The number of aliphatic hydroxyl groups excluding tert-OH is 7. The Bertz CT molecular complexity index is 1200. The number of hydrogen-bond acceptors (Lipinski definition) is 15. The molecule has 2 heterocycles. The quantitative estimate of drug-likeness (QED) is 0.0216. The predicted octanol–water partition coefficient (Wildman–Crippen LogP) is 5.99. The molecule has 15 heteroatoms. The second-order valence-electron chi connectivity index (χ2n) is 17.3. The maximum Gasteiger partial charge on any atom is 0.306 e. The van der Waals surface area contributed by atoms with Crippen LogP contribution in [0.5, 0.6) is 0 Å². The van der Waals surface area contributed by atoms with Gasteiger partial charge >= 0.3 is 11.9 Å². The Labute approximate surface area is 377 Å². The molecule has 0 aliphatic carbocycles. The van der Waals surface area contributed by atoms with Crippen molar-refractivity contribution < 1.29 is 73.8 Å². The monoisotopic (exact) mass is 903 g/mol. The molecule has 0 aromatic rings. The number of aliphatic hydroxyl groups is 7. The summed E-state index contributed by atoms with van der Waals surface area (Å²) in [6.07, 6.45) is 17.8. The highest BCUT2D eigenvalue weighted by Crippen LogP contribution is 2.26. The molecule has 0 bridgehead atoms. The van der Waals surface area contributed by atoms with Gasteiger partial charge in [-0.25, -0.2) is 0 Å². The van der Waals surface area contributed by atoms with E-state index in [0.717, 1.165) is 77.0 Å². The van der Waals surface area contributed by atoms with Crippen molar-refractivity contribution in [1.82, 2.24) is 0 Å². The topological polar surface area (TPSA) is 231 Å². The Morgan fingerprint density at radius 2 is 0.905 bits per heavy atom. The number of rotatable bonds is 37. The van der Waals surface area contributed by atoms with Gasteiger partial charge in [0.1, 0.15) is 55.4 Å². The van der Waals surface area contributed by atoms with E-state index in [9.17, 15) is 45.3 Å². The standard InChI is InChI=1S/C48H86O15/c1-3-5-7-9-11-13-15-17-19-21-23-25-27-29-31-40(51)61-36(33-58-39(50)30-28-26-24-22-20-18-16-14-12-10-8-6-4-2)34-59-47-46(57)44(55)42(53)38(63-47)35-60-48-45(56)43(54)41(52)37(32-49)62-48/h14-17,36-38,41-49,52-57H,3-13,18-35H2,1-2H3/b16-14+,17-15+/t36-,37-,38-,41+,42+,43?,44?,45?,46?,47-,48-/m1/s1. The van der Waals surface area contributed by atoms with Gasteiger partial charge in [0.2, 0.25) is 0 Å². The lowest BCUT2D eigenvalue weighted by molar-refractivity contribution is -0.332. The van der Waals surface area contributed by atoms with Gasteiger partial charge in [0.25, 0.3) is 0 Å². The van der Waals surface area contributed by atoms with Crippen LogP contribution < -0.4 is 0 Å². The number of allylic oxidation sites excluding steroid dienone is 4. The molecule has 0 spiro atoms. The average Bonchev–Trinajstić information content (AvgIpc) is 3.28. The fraction of sp³-hybridized carbons (Fsp3) is 0.875. The number of hydrogen-bond donors (Lipinski definition) is 7. The van der Waals surface area contributed by atoms with Crippen molar-refractivity contribution in [3.8, 4) is 0 Å². The Kier molecular flexibility index (Phi) is 32.8. The lowest BCUT2D eigenvalue weighted by Crippen LogP contribution is -2.61. The molecule has 11 atom stereocenters. The van der Waals surface area contributed by atoms with E-state index < -0.39 is 92.7 Å². The van der Waals surface area contributed by atoms with Gasteiger partial charge < -0.3 is 64.2 Å². The summed E-state index contributed by atoms with van der Waals surface area (Å²) in [6.45, 7) is 2.54. The summed E-state index contributed by atoms with van der Waals surface area (Å²) in [5, 5.41) is 71.9. The SMILES string of the molecule is CCCCCC/C=C/CCCCCCCC(=O)OC[C@H](CO[C@@H]1O[C@H](CO[C@@H]2O[C@H](CO)[C@H](O)C(O)C2O)[C@H](O)C(O)C1O)OC(=O)CCCCCCC/C=C/CCCCCCC. The van der Waals surface area contributed by atoms with Gasteiger partial charge in [-0.3, -0.25) is 9.59 Å². The van der Waals surface area contributed by atoms with Crippen LogP contribution >= 0.6 is 0 Å². The zero-order valence-corrected chi connectivity index (χ0v) is 38.6. The smallest absolute Gasteiger partial charge is 0.306 e. The molecule has 4 unspecified atom stereocenters. The van der Waals surface area contributed by atoms with Gasteiger partial charge in [0.15, 0.2) is 18.7 Å². The van der Waals surface area contributed by atoms with E-state index in [1.54, 1.807) is 0 Å². The van der Waals surface area contributed by atoms with Gasteiger partial charge in [-0.1, -0.05) is 122 Å². The zero-order chi connectivity index (χ0) is 46.1. The molecule has 63 heavy (non-hydrogen) atoms. The number of unbranched alkanes of at least 4 members (excludes halogenated alkanes) is 19. The summed E-state index contributed by atoms with van der Waals surface area (Å²) in [5.41, 5.74) is 0. The van der Waals surface area contributed by atoms with E-state index in [2.05, 4.69) is 38.2 Å². The normalized spacial score (nSPS) is 27.0. The minimum absolute atomic E-state index is 0.155. The number of carbonyl (C=O) groups is 2. The first kappa shape index (κ1) is 57.1. The van der Waals surface area contributed by atoms with Crippen LogP contribution in [-0.2, 0) is 38.0 Å². The maximum absolute atomic E-state index is 13.0. The van der Waals surface area contributed by atoms with E-state index in [4.69, 9.17) is 28.4 Å². The van der Waals surface area contributed by atoms with Crippen LogP contribution in [0.15, 0.2) is 24.3 Å². The van der Waals surface area contributed by atoms with Gasteiger partial charge in [-0.15, -0.1) is 0 Å². The van der Waals surface area contributed by atoms with E-state index in [0.29, 0.717) is 12.8 Å². The molecule has 0 saturated carbocycles. The molecule has 0 radical (unpaired) electrons. The highest BCUT2D eigenvalue weighted by Gasteiger charge is 2.47. The Morgan fingerprint density at radius 1 is 0.492 bits per heavy atom. The van der Waals surface area contributed by atoms with Crippen molar-refractivity contribution in [1.29, 1.82) is 0 Å². The molecule has 368 valence electrons. The van der Waals surface area contributed by atoms with Crippen molar-refractivity contribution in [2.24, 2.45) is 0 Å². The fourth-order valence-corrected chi connectivity index (χ4v) is 7.56. The molecule has 2 fully saturated rings. The van der Waals surface area contributed by atoms with Crippen molar-refractivity contribution in [3.05, 3.63) is 24.3 Å². The minimum atomic E-state index is -1.76. The molecule has 2 rings (SSSR count). The molecule has 0 amide bonds. The van der Waals surface area contributed by atoms with Gasteiger partial charge in [0.05, 0.1) is 19.8 Å². The third-order valence-electron chi connectivity index (χ3n) is 11.7. The zero-order valence-electron chi connectivity index (χ0n) is 38.6. The molecule has 2 saturated heterocycles. The van der Waals surface area contributed by atoms with Crippen LogP contribution in [0, 0.1) is 0 Å². The Balaban J connectivity index is 1.84. The van der Waals surface area contributed by atoms with Crippen molar-refractivity contribution in [2.45, 2.75) is 242 Å². The molecular weight excluding hydrogens is 817 g/mol. The first-order chi connectivity index (χ1) is 30.5. The molecule has 7 N–H and O–H groups in total. The van der Waals surface area contributed by atoms with Crippen molar-refractivity contribution in [2.75, 3.05) is 26.4 Å². The van der Waals surface area contributed by atoms with Crippen molar-refractivity contribution >= 4 is 11.9 Å². The van der Waals surface area contributed by atoms with E-state index in [1.165, 1.54) is 57.8 Å². The Morgan fingerprint density at radius 3 is 1.41 bits per heavy atom. The minimum Gasteiger partial charge on any atom is -0.462 e. The molecule has 2 aliphatic heterocycles. The average molecular weight is 903 g/mol. The van der Waals surface area contributed by atoms with Gasteiger partial charge in [0, 0.05) is 12.8 Å². The first-order valence-electron chi connectivity index (χ1n) is 24.4.